The predicted molar refractivity (Wildman–Crippen MR) is 81.4 cm³/mol. The van der Waals surface area contributed by atoms with Gasteiger partial charge < -0.3 is 10.3 Å². The Morgan fingerprint density at radius 1 is 1.26 bits per heavy atom. The zero-order chi connectivity index (χ0) is 13.4. The zero-order valence-corrected chi connectivity index (χ0v) is 12.2. The lowest BCUT2D eigenvalue weighted by Crippen LogP contribution is -2.23. The number of aromatic nitrogens is 1. The van der Waals surface area contributed by atoms with Crippen molar-refractivity contribution in [3.05, 3.63) is 35.0 Å². The Morgan fingerprint density at radius 3 is 2.74 bits per heavy atom. The van der Waals surface area contributed by atoms with Crippen LogP contribution in [0.15, 0.2) is 24.4 Å². The molecular weight excluding hydrogens is 256 g/mol. The highest BCUT2D eigenvalue weighted by atomic mass is 35.5. The van der Waals surface area contributed by atoms with Gasteiger partial charge in [0.2, 0.25) is 0 Å². The van der Waals surface area contributed by atoms with Gasteiger partial charge in [0.15, 0.2) is 0 Å². The van der Waals surface area contributed by atoms with E-state index < -0.39 is 0 Å². The van der Waals surface area contributed by atoms with Crippen LogP contribution in [-0.2, 0) is 7.05 Å². The molecule has 0 saturated heterocycles. The minimum absolute atomic E-state index is 0.158. The fourth-order valence-corrected chi connectivity index (χ4v) is 3.57. The molecule has 3 rings (SSSR count). The SMILES string of the molecule is Cn1cc(C(N)C2CCCCC2)c2ccc(Cl)cc21. The van der Waals surface area contributed by atoms with Gasteiger partial charge >= 0.3 is 0 Å². The number of hydrogen-bond acceptors (Lipinski definition) is 1. The summed E-state index contributed by atoms with van der Waals surface area (Å²) in [5, 5.41) is 2.04. The van der Waals surface area contributed by atoms with Gasteiger partial charge in [0.25, 0.3) is 0 Å². The van der Waals surface area contributed by atoms with E-state index in [0.717, 1.165) is 5.02 Å². The first-order chi connectivity index (χ1) is 9.16. The topological polar surface area (TPSA) is 30.9 Å². The molecule has 0 bridgehead atoms. The van der Waals surface area contributed by atoms with Crippen molar-refractivity contribution in [2.24, 2.45) is 18.7 Å². The molecule has 0 radical (unpaired) electrons. The van der Waals surface area contributed by atoms with Crippen LogP contribution in [0.25, 0.3) is 10.9 Å². The molecule has 2 nitrogen and oxygen atoms in total. The van der Waals surface area contributed by atoms with Crippen molar-refractivity contribution in [3.8, 4) is 0 Å². The van der Waals surface area contributed by atoms with Crippen molar-refractivity contribution < 1.29 is 0 Å². The maximum atomic E-state index is 6.54. The Kier molecular flexibility index (Phi) is 3.55. The lowest BCUT2D eigenvalue weighted by atomic mass is 9.81. The molecule has 1 aromatic carbocycles. The Labute approximate surface area is 119 Å². The summed E-state index contributed by atoms with van der Waals surface area (Å²) >= 11 is 6.08. The van der Waals surface area contributed by atoms with Gasteiger partial charge in [0, 0.05) is 35.2 Å². The lowest BCUT2D eigenvalue weighted by Gasteiger charge is -2.27. The molecule has 0 spiro atoms. The Morgan fingerprint density at radius 2 is 2.00 bits per heavy atom. The average molecular weight is 277 g/mol. The molecule has 2 aromatic rings. The fourth-order valence-electron chi connectivity index (χ4n) is 3.40. The monoisotopic (exact) mass is 276 g/mol. The average Bonchev–Trinajstić information content (AvgIpc) is 2.76. The molecule has 1 atom stereocenters. The van der Waals surface area contributed by atoms with E-state index in [0.29, 0.717) is 5.92 Å². The van der Waals surface area contributed by atoms with Crippen molar-refractivity contribution in [1.82, 2.24) is 4.57 Å². The standard InChI is InChI=1S/C16H21ClN2/c1-19-10-14(13-8-7-12(17)9-15(13)19)16(18)11-5-3-2-4-6-11/h7-11,16H,2-6,18H2,1H3. The summed E-state index contributed by atoms with van der Waals surface area (Å²) in [6, 6.07) is 6.25. The van der Waals surface area contributed by atoms with Gasteiger partial charge in [-0.05, 0) is 36.5 Å². The first kappa shape index (κ1) is 13.0. The van der Waals surface area contributed by atoms with Crippen LogP contribution in [0.3, 0.4) is 0 Å². The first-order valence-electron chi connectivity index (χ1n) is 7.17. The summed E-state index contributed by atoms with van der Waals surface area (Å²) in [6.45, 7) is 0. The van der Waals surface area contributed by atoms with Gasteiger partial charge in [-0.2, -0.15) is 0 Å². The van der Waals surface area contributed by atoms with E-state index in [2.05, 4.69) is 23.9 Å². The summed E-state index contributed by atoms with van der Waals surface area (Å²) in [5.74, 6) is 0.634. The van der Waals surface area contributed by atoms with E-state index in [1.807, 2.05) is 12.1 Å². The van der Waals surface area contributed by atoms with Crippen LogP contribution < -0.4 is 5.73 Å². The summed E-state index contributed by atoms with van der Waals surface area (Å²) in [5.41, 5.74) is 8.99. The number of rotatable bonds is 2. The van der Waals surface area contributed by atoms with Gasteiger partial charge in [-0.1, -0.05) is 36.9 Å². The van der Waals surface area contributed by atoms with Crippen LogP contribution in [0.1, 0.15) is 43.7 Å². The van der Waals surface area contributed by atoms with Crippen LogP contribution in [0.4, 0.5) is 0 Å². The van der Waals surface area contributed by atoms with Crippen molar-refractivity contribution in [3.63, 3.8) is 0 Å². The molecular formula is C16H21ClN2. The molecule has 1 aliphatic rings. The summed E-state index contributed by atoms with van der Waals surface area (Å²) in [6.07, 6.45) is 8.74. The Bertz CT molecular complexity index is 582. The maximum absolute atomic E-state index is 6.54. The molecule has 1 fully saturated rings. The molecule has 2 N–H and O–H groups in total. The zero-order valence-electron chi connectivity index (χ0n) is 11.4. The van der Waals surface area contributed by atoms with Gasteiger partial charge in [0.1, 0.15) is 0 Å². The number of aryl methyl sites for hydroxylation is 1. The van der Waals surface area contributed by atoms with Crippen molar-refractivity contribution in [1.29, 1.82) is 0 Å². The third kappa shape index (κ3) is 2.39. The van der Waals surface area contributed by atoms with E-state index in [1.54, 1.807) is 0 Å². The Hall–Kier alpha value is -0.990. The minimum atomic E-state index is 0.158. The smallest absolute Gasteiger partial charge is 0.0496 e. The molecule has 0 aliphatic heterocycles. The van der Waals surface area contributed by atoms with E-state index in [9.17, 15) is 0 Å². The van der Waals surface area contributed by atoms with Crippen LogP contribution in [-0.4, -0.2) is 4.57 Å². The third-order valence-corrected chi connectivity index (χ3v) is 4.74. The summed E-state index contributed by atoms with van der Waals surface area (Å²) < 4.78 is 2.14. The molecule has 3 heteroatoms. The van der Waals surface area contributed by atoms with Crippen LogP contribution in [0, 0.1) is 5.92 Å². The number of benzene rings is 1. The third-order valence-electron chi connectivity index (χ3n) is 4.50. The molecule has 1 saturated carbocycles. The molecule has 1 unspecified atom stereocenters. The quantitative estimate of drug-likeness (QED) is 0.865. The molecule has 102 valence electrons. The second-order valence-electron chi connectivity index (χ2n) is 5.78. The van der Waals surface area contributed by atoms with Gasteiger partial charge in [-0.15, -0.1) is 0 Å². The fraction of sp³-hybridized carbons (Fsp3) is 0.500. The molecule has 1 heterocycles. The highest BCUT2D eigenvalue weighted by Crippen LogP contribution is 2.36. The molecule has 1 aliphatic carbocycles. The highest BCUT2D eigenvalue weighted by Gasteiger charge is 2.24. The van der Waals surface area contributed by atoms with E-state index in [1.165, 1.54) is 48.6 Å². The highest BCUT2D eigenvalue weighted by molar-refractivity contribution is 6.31. The van der Waals surface area contributed by atoms with E-state index in [4.69, 9.17) is 17.3 Å². The van der Waals surface area contributed by atoms with Gasteiger partial charge in [-0.25, -0.2) is 0 Å². The second kappa shape index (κ2) is 5.18. The minimum Gasteiger partial charge on any atom is -0.350 e. The second-order valence-corrected chi connectivity index (χ2v) is 6.22. The maximum Gasteiger partial charge on any atom is 0.0496 e. The predicted octanol–water partition coefficient (Wildman–Crippen LogP) is 4.41. The lowest BCUT2D eigenvalue weighted by molar-refractivity contribution is 0.309. The van der Waals surface area contributed by atoms with E-state index >= 15 is 0 Å². The van der Waals surface area contributed by atoms with Gasteiger partial charge in [0.05, 0.1) is 0 Å². The first-order valence-corrected chi connectivity index (χ1v) is 7.54. The van der Waals surface area contributed by atoms with Crippen molar-refractivity contribution in [2.45, 2.75) is 38.1 Å². The number of halogens is 1. The Balaban J connectivity index is 2.00. The largest absolute Gasteiger partial charge is 0.350 e. The molecule has 19 heavy (non-hydrogen) atoms. The van der Waals surface area contributed by atoms with Crippen molar-refractivity contribution in [2.75, 3.05) is 0 Å². The normalized spacial score (nSPS) is 18.9. The van der Waals surface area contributed by atoms with E-state index in [-0.39, 0.29) is 6.04 Å². The van der Waals surface area contributed by atoms with Crippen LogP contribution in [0.2, 0.25) is 5.02 Å². The molecule has 1 aromatic heterocycles. The van der Waals surface area contributed by atoms with Crippen molar-refractivity contribution >= 4 is 22.5 Å². The summed E-state index contributed by atoms with van der Waals surface area (Å²) in [4.78, 5) is 0. The van der Waals surface area contributed by atoms with Gasteiger partial charge in [-0.3, -0.25) is 0 Å². The number of nitrogens with two attached hydrogens (primary N) is 1. The number of nitrogens with zero attached hydrogens (tertiary/aromatic N) is 1. The summed E-state index contributed by atoms with van der Waals surface area (Å²) in [7, 11) is 2.07. The number of fused-ring (bicyclic) bond motifs is 1. The number of hydrogen-bond donors (Lipinski definition) is 1. The van der Waals surface area contributed by atoms with Crippen LogP contribution in [0.5, 0.6) is 0 Å². The van der Waals surface area contributed by atoms with Crippen LogP contribution >= 0.6 is 11.6 Å². The molecule has 0 amide bonds.